The molecule has 0 saturated carbocycles. The quantitative estimate of drug-likeness (QED) is 0.359. The summed E-state index contributed by atoms with van der Waals surface area (Å²) >= 11 is 0. The van der Waals surface area contributed by atoms with Crippen molar-refractivity contribution in [1.82, 2.24) is 5.32 Å². The van der Waals surface area contributed by atoms with Gasteiger partial charge in [-0.15, -0.1) is 0 Å². The Hall–Kier alpha value is -4.39. The Morgan fingerprint density at radius 1 is 0.912 bits per heavy atom. The zero-order chi connectivity index (χ0) is 24.1. The number of anilines is 2. The molecule has 0 bridgehead atoms. The molecule has 0 fully saturated rings. The summed E-state index contributed by atoms with van der Waals surface area (Å²) in [6.07, 6.45) is 0.840. The second-order valence-electron chi connectivity index (χ2n) is 7.78. The predicted octanol–water partition coefficient (Wildman–Crippen LogP) is 4.55. The lowest BCUT2D eigenvalue weighted by atomic mass is 9.98. The Morgan fingerprint density at radius 3 is 2.29 bits per heavy atom. The fourth-order valence-corrected chi connectivity index (χ4v) is 3.74. The van der Waals surface area contributed by atoms with Crippen LogP contribution in [-0.4, -0.2) is 31.4 Å². The third-order valence-corrected chi connectivity index (χ3v) is 5.45. The van der Waals surface area contributed by atoms with Gasteiger partial charge in [0.15, 0.2) is 0 Å². The highest BCUT2D eigenvalue weighted by Gasteiger charge is 2.29. The predicted molar refractivity (Wildman–Crippen MR) is 132 cm³/mol. The number of amides is 2. The number of nitrogens with one attached hydrogen (secondary N) is 3. The Morgan fingerprint density at radius 2 is 1.62 bits per heavy atom. The first kappa shape index (κ1) is 22.8. The first-order chi connectivity index (χ1) is 16.5. The molecule has 3 aromatic rings. The molecular formula is C27H25N3O4. The van der Waals surface area contributed by atoms with Gasteiger partial charge in [0.1, 0.15) is 0 Å². The largest absolute Gasteiger partial charge is 0.465 e. The lowest BCUT2D eigenvalue weighted by molar-refractivity contribution is -0.110. The van der Waals surface area contributed by atoms with Crippen LogP contribution in [0.15, 0.2) is 72.8 Å². The SMILES string of the molecule is CCCNC(=O)c1ccc2c(c1)NC(=O)/C2=C(\Nc1ccc(C(=O)OC)cc1)c1ccccc1. The zero-order valence-electron chi connectivity index (χ0n) is 19.0. The summed E-state index contributed by atoms with van der Waals surface area (Å²) in [7, 11) is 1.33. The summed E-state index contributed by atoms with van der Waals surface area (Å²) in [5.41, 5.74) is 4.82. The van der Waals surface area contributed by atoms with Gasteiger partial charge in [-0.05, 0) is 48.4 Å². The molecule has 3 N–H and O–H groups in total. The van der Waals surface area contributed by atoms with E-state index in [0.29, 0.717) is 45.9 Å². The molecule has 0 saturated heterocycles. The number of fused-ring (bicyclic) bond motifs is 1. The number of carbonyl (C=O) groups is 3. The van der Waals surface area contributed by atoms with Gasteiger partial charge in [-0.3, -0.25) is 9.59 Å². The Labute approximate surface area is 197 Å². The smallest absolute Gasteiger partial charge is 0.337 e. The van der Waals surface area contributed by atoms with E-state index in [-0.39, 0.29) is 11.8 Å². The first-order valence-electron chi connectivity index (χ1n) is 11.0. The summed E-state index contributed by atoms with van der Waals surface area (Å²) < 4.78 is 4.76. The van der Waals surface area contributed by atoms with Crippen LogP contribution in [0.4, 0.5) is 11.4 Å². The van der Waals surface area contributed by atoms with Gasteiger partial charge in [0.25, 0.3) is 11.8 Å². The number of hydrogen-bond donors (Lipinski definition) is 3. The van der Waals surface area contributed by atoms with Crippen LogP contribution in [0.2, 0.25) is 0 Å². The highest BCUT2D eigenvalue weighted by molar-refractivity contribution is 6.37. The van der Waals surface area contributed by atoms with Crippen LogP contribution in [0.5, 0.6) is 0 Å². The summed E-state index contributed by atoms with van der Waals surface area (Å²) in [4.78, 5) is 37.2. The van der Waals surface area contributed by atoms with Gasteiger partial charge in [0, 0.05) is 29.0 Å². The fourth-order valence-electron chi connectivity index (χ4n) is 3.74. The third kappa shape index (κ3) is 4.68. The molecular weight excluding hydrogens is 430 g/mol. The second-order valence-corrected chi connectivity index (χ2v) is 7.78. The molecule has 0 aromatic heterocycles. The number of carbonyl (C=O) groups excluding carboxylic acids is 3. The van der Waals surface area contributed by atoms with Crippen molar-refractivity contribution in [3.63, 3.8) is 0 Å². The Balaban J connectivity index is 1.75. The number of esters is 1. The van der Waals surface area contributed by atoms with Gasteiger partial charge < -0.3 is 20.7 Å². The summed E-state index contributed by atoms with van der Waals surface area (Å²) in [5, 5.41) is 9.09. The van der Waals surface area contributed by atoms with Crippen LogP contribution in [0.1, 0.15) is 45.2 Å². The van der Waals surface area contributed by atoms with E-state index < -0.39 is 5.97 Å². The summed E-state index contributed by atoms with van der Waals surface area (Å²) in [5.74, 6) is -0.863. The van der Waals surface area contributed by atoms with Crippen LogP contribution in [0.3, 0.4) is 0 Å². The number of ether oxygens (including phenoxy) is 1. The molecule has 1 aliphatic rings. The number of methoxy groups -OCH3 is 1. The monoisotopic (exact) mass is 455 g/mol. The molecule has 0 unspecified atom stereocenters. The molecule has 1 aliphatic heterocycles. The van der Waals surface area contributed by atoms with Gasteiger partial charge in [0.2, 0.25) is 0 Å². The van der Waals surface area contributed by atoms with E-state index in [9.17, 15) is 14.4 Å². The van der Waals surface area contributed by atoms with Crippen molar-refractivity contribution in [2.45, 2.75) is 13.3 Å². The van der Waals surface area contributed by atoms with E-state index in [1.807, 2.05) is 37.3 Å². The fraction of sp³-hybridized carbons (Fsp3) is 0.148. The number of benzene rings is 3. The minimum Gasteiger partial charge on any atom is -0.465 e. The van der Waals surface area contributed by atoms with E-state index >= 15 is 0 Å². The maximum Gasteiger partial charge on any atom is 0.337 e. The minimum absolute atomic E-state index is 0.177. The van der Waals surface area contributed by atoms with Crippen LogP contribution >= 0.6 is 0 Å². The number of hydrogen-bond acceptors (Lipinski definition) is 5. The zero-order valence-corrected chi connectivity index (χ0v) is 19.0. The van der Waals surface area contributed by atoms with Crippen molar-refractivity contribution in [2.75, 3.05) is 24.3 Å². The van der Waals surface area contributed by atoms with E-state index in [2.05, 4.69) is 16.0 Å². The molecule has 0 atom stereocenters. The molecule has 2 amide bonds. The minimum atomic E-state index is -0.420. The molecule has 34 heavy (non-hydrogen) atoms. The molecule has 1 heterocycles. The first-order valence-corrected chi connectivity index (χ1v) is 11.0. The van der Waals surface area contributed by atoms with Crippen molar-refractivity contribution in [3.8, 4) is 0 Å². The molecule has 3 aromatic carbocycles. The maximum absolute atomic E-state index is 13.1. The van der Waals surface area contributed by atoms with Gasteiger partial charge >= 0.3 is 5.97 Å². The van der Waals surface area contributed by atoms with Crippen LogP contribution in [0.25, 0.3) is 11.3 Å². The van der Waals surface area contributed by atoms with Crippen LogP contribution < -0.4 is 16.0 Å². The average molecular weight is 456 g/mol. The number of rotatable bonds is 7. The molecule has 0 aliphatic carbocycles. The topological polar surface area (TPSA) is 96.5 Å². The highest BCUT2D eigenvalue weighted by Crippen LogP contribution is 2.38. The lowest BCUT2D eigenvalue weighted by Gasteiger charge is -2.15. The summed E-state index contributed by atoms with van der Waals surface area (Å²) in [6.45, 7) is 2.58. The van der Waals surface area contributed by atoms with Gasteiger partial charge in [-0.2, -0.15) is 0 Å². The normalized spacial score (nSPS) is 13.5. The van der Waals surface area contributed by atoms with Crippen LogP contribution in [0, 0.1) is 0 Å². The molecule has 7 heteroatoms. The molecule has 0 radical (unpaired) electrons. The van der Waals surface area contributed by atoms with Crippen molar-refractivity contribution in [2.24, 2.45) is 0 Å². The maximum atomic E-state index is 13.1. The van der Waals surface area contributed by atoms with Crippen molar-refractivity contribution >= 4 is 40.4 Å². The molecule has 7 nitrogen and oxygen atoms in total. The molecule has 172 valence electrons. The van der Waals surface area contributed by atoms with Crippen molar-refractivity contribution in [1.29, 1.82) is 0 Å². The van der Waals surface area contributed by atoms with Gasteiger partial charge in [0.05, 0.1) is 23.9 Å². The Bertz CT molecular complexity index is 1260. The van der Waals surface area contributed by atoms with Crippen molar-refractivity contribution < 1.29 is 19.1 Å². The third-order valence-electron chi connectivity index (χ3n) is 5.45. The lowest BCUT2D eigenvalue weighted by Crippen LogP contribution is -2.23. The second kappa shape index (κ2) is 10.0. The highest BCUT2D eigenvalue weighted by atomic mass is 16.5. The van der Waals surface area contributed by atoms with E-state index in [0.717, 1.165) is 12.0 Å². The molecule has 0 spiro atoms. The standard InChI is InChI=1S/C27H25N3O4/c1-3-15-28-25(31)19-11-14-21-22(16-19)30-26(32)23(21)24(17-7-5-4-6-8-17)29-20-12-9-18(10-13-20)27(33)34-2/h4-14,16,29H,3,15H2,1-2H3,(H,28,31)(H,30,32)/b24-23-. The average Bonchev–Trinajstić information content (AvgIpc) is 3.20. The van der Waals surface area contributed by atoms with Crippen LogP contribution in [-0.2, 0) is 9.53 Å². The Kier molecular flexibility index (Phi) is 6.73. The van der Waals surface area contributed by atoms with Crippen molar-refractivity contribution in [3.05, 3.63) is 95.1 Å². The van der Waals surface area contributed by atoms with E-state index in [4.69, 9.17) is 4.74 Å². The van der Waals surface area contributed by atoms with E-state index in [1.54, 1.807) is 42.5 Å². The molecule has 4 rings (SSSR count). The summed E-state index contributed by atoms with van der Waals surface area (Å²) in [6, 6.07) is 21.5. The van der Waals surface area contributed by atoms with Gasteiger partial charge in [-0.25, -0.2) is 4.79 Å². The van der Waals surface area contributed by atoms with Gasteiger partial charge in [-0.1, -0.05) is 43.3 Å². The van der Waals surface area contributed by atoms with E-state index in [1.165, 1.54) is 7.11 Å².